The number of rotatable bonds is 11. The Morgan fingerprint density at radius 3 is 2.16 bits per heavy atom. The molecule has 170 valence electrons. The van der Waals surface area contributed by atoms with Gasteiger partial charge in [-0.3, -0.25) is 9.69 Å². The Bertz CT molecular complexity index is 998. The summed E-state index contributed by atoms with van der Waals surface area (Å²) in [6, 6.07) is 15.3. The Balaban J connectivity index is 1.77. The number of nitrogens with zero attached hydrogens (tertiary/aromatic N) is 1. The number of hydrogen-bond donors (Lipinski definition) is 1. The standard InChI is InChI=1S/C24H28N2O5S/c1-28-20-10-6-5-8-17(20)14-26(15-19-9-7-11-32-19)16-23(27)25-18-12-21(29-2)24(31-4)22(13-18)30-3/h5-13H,14-16H2,1-4H3,(H,25,27). The van der Waals surface area contributed by atoms with Gasteiger partial charge in [-0.05, 0) is 17.5 Å². The second-order valence-electron chi connectivity index (χ2n) is 7.00. The fourth-order valence-electron chi connectivity index (χ4n) is 3.42. The third-order valence-electron chi connectivity index (χ3n) is 4.86. The number of ether oxygens (including phenoxy) is 4. The Hall–Kier alpha value is -3.23. The number of amides is 1. The fourth-order valence-corrected chi connectivity index (χ4v) is 4.17. The maximum absolute atomic E-state index is 13.0. The van der Waals surface area contributed by atoms with Crippen LogP contribution in [0.2, 0.25) is 0 Å². The number of hydrogen-bond acceptors (Lipinski definition) is 7. The van der Waals surface area contributed by atoms with Crippen molar-refractivity contribution in [1.29, 1.82) is 0 Å². The van der Waals surface area contributed by atoms with E-state index in [1.165, 1.54) is 4.88 Å². The van der Waals surface area contributed by atoms with E-state index in [9.17, 15) is 4.79 Å². The normalized spacial score (nSPS) is 10.7. The maximum atomic E-state index is 13.0. The SMILES string of the molecule is COc1ccccc1CN(CC(=O)Nc1cc(OC)c(OC)c(OC)c1)Cc1cccs1. The summed E-state index contributed by atoms with van der Waals surface area (Å²) in [5, 5.41) is 4.98. The van der Waals surface area contributed by atoms with E-state index in [1.54, 1.807) is 51.9 Å². The van der Waals surface area contributed by atoms with Crippen LogP contribution in [0.25, 0.3) is 0 Å². The van der Waals surface area contributed by atoms with Crippen molar-refractivity contribution in [3.63, 3.8) is 0 Å². The zero-order valence-corrected chi connectivity index (χ0v) is 19.5. The van der Waals surface area contributed by atoms with E-state index in [-0.39, 0.29) is 12.5 Å². The predicted molar refractivity (Wildman–Crippen MR) is 126 cm³/mol. The van der Waals surface area contributed by atoms with Gasteiger partial charge in [-0.25, -0.2) is 0 Å². The van der Waals surface area contributed by atoms with Gasteiger partial charge in [0.05, 0.1) is 35.0 Å². The largest absolute Gasteiger partial charge is 0.496 e. The van der Waals surface area contributed by atoms with Gasteiger partial charge in [0, 0.05) is 41.4 Å². The van der Waals surface area contributed by atoms with Gasteiger partial charge >= 0.3 is 0 Å². The molecule has 0 bridgehead atoms. The van der Waals surface area contributed by atoms with Crippen molar-refractivity contribution in [3.05, 3.63) is 64.4 Å². The van der Waals surface area contributed by atoms with Crippen LogP contribution in [-0.4, -0.2) is 45.8 Å². The molecule has 0 spiro atoms. The number of anilines is 1. The molecule has 2 aromatic carbocycles. The molecule has 3 aromatic rings. The number of carbonyl (C=O) groups excluding carboxylic acids is 1. The molecular formula is C24H28N2O5S. The second kappa shape index (κ2) is 11.4. The molecule has 3 rings (SSSR count). The van der Waals surface area contributed by atoms with Crippen LogP contribution in [0.4, 0.5) is 5.69 Å². The summed E-state index contributed by atoms with van der Waals surface area (Å²) in [6.07, 6.45) is 0. The summed E-state index contributed by atoms with van der Waals surface area (Å²) in [6.45, 7) is 1.43. The minimum atomic E-state index is -0.147. The Labute approximate surface area is 192 Å². The van der Waals surface area contributed by atoms with Gasteiger partial charge in [-0.1, -0.05) is 24.3 Å². The lowest BCUT2D eigenvalue weighted by Gasteiger charge is -2.22. The topological polar surface area (TPSA) is 69.3 Å². The van der Waals surface area contributed by atoms with E-state index in [0.29, 0.717) is 36.0 Å². The maximum Gasteiger partial charge on any atom is 0.238 e. The Kier molecular flexibility index (Phi) is 8.35. The van der Waals surface area contributed by atoms with E-state index in [4.69, 9.17) is 18.9 Å². The molecule has 0 atom stereocenters. The number of para-hydroxylation sites is 1. The molecule has 0 saturated carbocycles. The first-order valence-electron chi connectivity index (χ1n) is 10.0. The highest BCUT2D eigenvalue weighted by molar-refractivity contribution is 7.09. The molecule has 0 aliphatic heterocycles. The van der Waals surface area contributed by atoms with Crippen molar-refractivity contribution in [2.24, 2.45) is 0 Å². The first-order valence-corrected chi connectivity index (χ1v) is 10.9. The van der Waals surface area contributed by atoms with Crippen LogP contribution in [0.5, 0.6) is 23.0 Å². The van der Waals surface area contributed by atoms with Gasteiger partial charge in [0.2, 0.25) is 11.7 Å². The number of thiophene rings is 1. The smallest absolute Gasteiger partial charge is 0.238 e. The highest BCUT2D eigenvalue weighted by Crippen LogP contribution is 2.39. The average molecular weight is 457 g/mol. The van der Waals surface area contributed by atoms with Crippen LogP contribution in [0.15, 0.2) is 53.9 Å². The molecule has 32 heavy (non-hydrogen) atoms. The molecule has 0 aliphatic carbocycles. The van der Waals surface area contributed by atoms with Crippen molar-refractivity contribution in [3.8, 4) is 23.0 Å². The Morgan fingerprint density at radius 2 is 1.56 bits per heavy atom. The monoisotopic (exact) mass is 456 g/mol. The summed E-state index contributed by atoms with van der Waals surface area (Å²) in [7, 11) is 6.27. The first-order chi connectivity index (χ1) is 15.6. The van der Waals surface area contributed by atoms with Crippen molar-refractivity contribution in [2.45, 2.75) is 13.1 Å². The van der Waals surface area contributed by atoms with Gasteiger partial charge < -0.3 is 24.3 Å². The molecule has 1 aromatic heterocycles. The lowest BCUT2D eigenvalue weighted by Crippen LogP contribution is -2.32. The van der Waals surface area contributed by atoms with Crippen LogP contribution in [0, 0.1) is 0 Å². The third kappa shape index (κ3) is 5.93. The van der Waals surface area contributed by atoms with Crippen LogP contribution in [0.1, 0.15) is 10.4 Å². The van der Waals surface area contributed by atoms with Gasteiger partial charge in [0.1, 0.15) is 5.75 Å². The summed E-state index contributed by atoms with van der Waals surface area (Å²) in [4.78, 5) is 16.2. The van der Waals surface area contributed by atoms with Crippen LogP contribution in [0.3, 0.4) is 0 Å². The summed E-state index contributed by atoms with van der Waals surface area (Å²) in [5.41, 5.74) is 1.59. The van der Waals surface area contributed by atoms with E-state index < -0.39 is 0 Å². The molecule has 0 fully saturated rings. The minimum Gasteiger partial charge on any atom is -0.496 e. The summed E-state index contributed by atoms with van der Waals surface area (Å²) >= 11 is 1.67. The van der Waals surface area contributed by atoms with Crippen molar-refractivity contribution in [1.82, 2.24) is 4.90 Å². The molecule has 1 amide bonds. The highest BCUT2D eigenvalue weighted by Gasteiger charge is 2.18. The highest BCUT2D eigenvalue weighted by atomic mass is 32.1. The first kappa shape index (κ1) is 23.4. The summed E-state index contributed by atoms with van der Waals surface area (Å²) < 4.78 is 21.6. The van der Waals surface area contributed by atoms with E-state index >= 15 is 0 Å². The zero-order valence-electron chi connectivity index (χ0n) is 18.7. The van der Waals surface area contributed by atoms with E-state index in [0.717, 1.165) is 11.3 Å². The third-order valence-corrected chi connectivity index (χ3v) is 5.72. The van der Waals surface area contributed by atoms with E-state index in [2.05, 4.69) is 16.3 Å². The fraction of sp³-hybridized carbons (Fsp3) is 0.292. The second-order valence-corrected chi connectivity index (χ2v) is 8.03. The number of carbonyl (C=O) groups is 1. The molecule has 8 heteroatoms. The molecule has 1 N–H and O–H groups in total. The molecule has 0 aliphatic rings. The van der Waals surface area contributed by atoms with Gasteiger partial charge in [0.25, 0.3) is 0 Å². The van der Waals surface area contributed by atoms with Gasteiger partial charge in [-0.2, -0.15) is 0 Å². The quantitative estimate of drug-likeness (QED) is 0.461. The van der Waals surface area contributed by atoms with Gasteiger partial charge in [-0.15, -0.1) is 11.3 Å². The van der Waals surface area contributed by atoms with Crippen LogP contribution in [-0.2, 0) is 17.9 Å². The zero-order chi connectivity index (χ0) is 22.9. The van der Waals surface area contributed by atoms with Crippen molar-refractivity contribution >= 4 is 22.9 Å². The molecular weight excluding hydrogens is 428 g/mol. The summed E-state index contributed by atoms with van der Waals surface area (Å²) in [5.74, 6) is 2.08. The molecule has 0 unspecified atom stereocenters. The predicted octanol–water partition coefficient (Wildman–Crippen LogP) is 4.42. The lowest BCUT2D eigenvalue weighted by molar-refractivity contribution is -0.117. The van der Waals surface area contributed by atoms with Gasteiger partial charge in [0.15, 0.2) is 11.5 Å². The van der Waals surface area contributed by atoms with Crippen molar-refractivity contribution < 1.29 is 23.7 Å². The molecule has 1 heterocycles. The number of methoxy groups -OCH3 is 4. The lowest BCUT2D eigenvalue weighted by atomic mass is 10.2. The van der Waals surface area contributed by atoms with Crippen LogP contribution < -0.4 is 24.3 Å². The van der Waals surface area contributed by atoms with E-state index in [1.807, 2.05) is 35.7 Å². The van der Waals surface area contributed by atoms with Crippen molar-refractivity contribution in [2.75, 3.05) is 40.3 Å². The Morgan fingerprint density at radius 1 is 0.875 bits per heavy atom. The molecule has 0 radical (unpaired) electrons. The minimum absolute atomic E-state index is 0.147. The van der Waals surface area contributed by atoms with Crippen LogP contribution >= 0.6 is 11.3 Å². The number of benzene rings is 2. The average Bonchev–Trinajstić information content (AvgIpc) is 3.31. The molecule has 7 nitrogen and oxygen atoms in total. The molecule has 0 saturated heterocycles. The number of nitrogens with one attached hydrogen (secondary N) is 1.